The summed E-state index contributed by atoms with van der Waals surface area (Å²) in [6, 6.07) is 0. The van der Waals surface area contributed by atoms with Crippen LogP contribution >= 0.6 is 0 Å². The number of hydrogen-bond donors (Lipinski definition) is 1. The highest BCUT2D eigenvalue weighted by Gasteiger charge is 2.30. The summed E-state index contributed by atoms with van der Waals surface area (Å²) in [4.78, 5) is 0. The van der Waals surface area contributed by atoms with Gasteiger partial charge in [-0.3, -0.25) is 0 Å². The van der Waals surface area contributed by atoms with Crippen LogP contribution in [0.2, 0.25) is 0 Å². The summed E-state index contributed by atoms with van der Waals surface area (Å²) in [5, 5.41) is 3.63. The Morgan fingerprint density at radius 1 is 0.938 bits per heavy atom. The van der Waals surface area contributed by atoms with Crippen LogP contribution in [0.1, 0.15) is 78.1 Å². The van der Waals surface area contributed by atoms with E-state index >= 15 is 0 Å². The van der Waals surface area contributed by atoms with E-state index < -0.39 is 0 Å². The van der Waals surface area contributed by atoms with Gasteiger partial charge in [-0.25, -0.2) is 0 Å². The first-order valence-corrected chi connectivity index (χ1v) is 7.54. The van der Waals surface area contributed by atoms with Gasteiger partial charge in [-0.15, -0.1) is 0 Å². The molecule has 0 aromatic carbocycles. The Labute approximate surface area is 102 Å². The van der Waals surface area contributed by atoms with Crippen molar-refractivity contribution >= 4 is 0 Å². The van der Waals surface area contributed by atoms with Crippen molar-refractivity contribution in [2.75, 3.05) is 13.1 Å². The molecule has 0 amide bonds. The second kappa shape index (κ2) is 8.11. The molecule has 1 heterocycles. The fourth-order valence-electron chi connectivity index (χ4n) is 3.08. The lowest BCUT2D eigenvalue weighted by molar-refractivity contribution is 0.164. The van der Waals surface area contributed by atoms with E-state index in [2.05, 4.69) is 19.2 Å². The topological polar surface area (TPSA) is 12.0 Å². The Kier molecular flexibility index (Phi) is 7.11. The van der Waals surface area contributed by atoms with E-state index in [0.29, 0.717) is 5.41 Å². The van der Waals surface area contributed by atoms with Crippen molar-refractivity contribution < 1.29 is 0 Å². The van der Waals surface area contributed by atoms with Crippen LogP contribution in [-0.2, 0) is 0 Å². The van der Waals surface area contributed by atoms with E-state index in [4.69, 9.17) is 0 Å². The molecule has 1 saturated heterocycles. The molecule has 0 radical (unpaired) electrons. The number of unbranched alkanes of at least 4 members (excludes halogenated alkanes) is 4. The summed E-state index contributed by atoms with van der Waals surface area (Å²) in [5.41, 5.74) is 0.669. The summed E-state index contributed by atoms with van der Waals surface area (Å²) in [5.74, 6) is 0. The normalized spacial score (nSPS) is 19.9. The molecule has 0 aliphatic carbocycles. The Morgan fingerprint density at radius 3 is 2.00 bits per heavy atom. The van der Waals surface area contributed by atoms with Gasteiger partial charge in [0.05, 0.1) is 0 Å². The van der Waals surface area contributed by atoms with Gasteiger partial charge in [0.2, 0.25) is 0 Å². The van der Waals surface area contributed by atoms with Crippen LogP contribution in [0.25, 0.3) is 0 Å². The zero-order valence-electron chi connectivity index (χ0n) is 11.5. The molecule has 0 atom stereocenters. The van der Waals surface area contributed by atoms with Gasteiger partial charge in [-0.05, 0) is 37.6 Å². The van der Waals surface area contributed by atoms with Gasteiger partial charge < -0.3 is 5.32 Å². The van der Waals surface area contributed by atoms with Gasteiger partial charge in [-0.1, -0.05) is 52.4 Å². The van der Waals surface area contributed by atoms with Crippen molar-refractivity contribution in [1.82, 2.24) is 5.32 Å². The number of hydrogen-bond acceptors (Lipinski definition) is 1. The van der Waals surface area contributed by atoms with Gasteiger partial charge in [0.25, 0.3) is 0 Å². The molecule has 0 saturated carbocycles. The lowest BCUT2D eigenvalue weighted by atomic mass is 9.73. The molecule has 1 rings (SSSR count). The average Bonchev–Trinajstić information content (AvgIpc) is 2.31. The molecule has 16 heavy (non-hydrogen) atoms. The van der Waals surface area contributed by atoms with Gasteiger partial charge in [-0.2, -0.15) is 0 Å². The Balaban J connectivity index is 2.33. The molecule has 1 nitrogen and oxygen atoms in total. The van der Waals surface area contributed by atoms with Gasteiger partial charge in [0, 0.05) is 6.54 Å². The maximum Gasteiger partial charge on any atom is 0.000781 e. The van der Waals surface area contributed by atoms with Crippen LogP contribution in [0.5, 0.6) is 0 Å². The molecule has 0 aromatic heterocycles. The molecule has 1 heteroatoms. The number of rotatable bonds is 8. The van der Waals surface area contributed by atoms with Crippen molar-refractivity contribution in [3.05, 3.63) is 0 Å². The predicted molar refractivity (Wildman–Crippen MR) is 72.8 cm³/mol. The first kappa shape index (κ1) is 14.0. The average molecular weight is 225 g/mol. The minimum absolute atomic E-state index is 0.669. The van der Waals surface area contributed by atoms with E-state index in [-0.39, 0.29) is 0 Å². The third kappa shape index (κ3) is 4.86. The first-order valence-electron chi connectivity index (χ1n) is 7.54. The Bertz CT molecular complexity index is 147. The molecule has 1 aliphatic heterocycles. The van der Waals surface area contributed by atoms with Crippen molar-refractivity contribution in [3.8, 4) is 0 Å². The summed E-state index contributed by atoms with van der Waals surface area (Å²) in [6.45, 7) is 7.16. The molecule has 0 unspecified atom stereocenters. The zero-order chi connectivity index (χ0) is 11.7. The fourth-order valence-corrected chi connectivity index (χ4v) is 3.08. The summed E-state index contributed by atoms with van der Waals surface area (Å²) >= 11 is 0. The molecule has 0 bridgehead atoms. The molecule has 0 aromatic rings. The molecule has 96 valence electrons. The monoisotopic (exact) mass is 225 g/mol. The second-order valence-corrected chi connectivity index (χ2v) is 5.69. The van der Waals surface area contributed by atoms with Crippen molar-refractivity contribution in [2.45, 2.75) is 78.1 Å². The molecular weight excluding hydrogens is 194 g/mol. The van der Waals surface area contributed by atoms with Crippen molar-refractivity contribution in [3.63, 3.8) is 0 Å². The predicted octanol–water partition coefficient (Wildman–Crippen LogP) is 4.52. The summed E-state index contributed by atoms with van der Waals surface area (Å²) in [6.07, 6.45) is 14.3. The van der Waals surface area contributed by atoms with E-state index in [9.17, 15) is 0 Å². The third-order valence-electron chi connectivity index (χ3n) is 4.18. The highest BCUT2D eigenvalue weighted by molar-refractivity contribution is 4.85. The minimum atomic E-state index is 0.669. The van der Waals surface area contributed by atoms with Gasteiger partial charge >= 0.3 is 0 Å². The molecular formula is C15H31N. The van der Waals surface area contributed by atoms with Crippen LogP contribution in [0.3, 0.4) is 0 Å². The highest BCUT2D eigenvalue weighted by Crippen LogP contribution is 2.37. The SMILES string of the molecule is CCCCCC1(CCCCC)CCCNC1. The van der Waals surface area contributed by atoms with Crippen LogP contribution in [0.4, 0.5) is 0 Å². The Hall–Kier alpha value is -0.0400. The molecule has 1 aliphatic rings. The summed E-state index contributed by atoms with van der Waals surface area (Å²) < 4.78 is 0. The molecule has 1 N–H and O–H groups in total. The number of piperidine rings is 1. The zero-order valence-corrected chi connectivity index (χ0v) is 11.5. The minimum Gasteiger partial charge on any atom is -0.316 e. The van der Waals surface area contributed by atoms with Crippen molar-refractivity contribution in [1.29, 1.82) is 0 Å². The van der Waals surface area contributed by atoms with E-state index in [1.165, 1.54) is 77.3 Å². The van der Waals surface area contributed by atoms with Gasteiger partial charge in [0.15, 0.2) is 0 Å². The molecule has 1 fully saturated rings. The van der Waals surface area contributed by atoms with E-state index in [1.54, 1.807) is 0 Å². The van der Waals surface area contributed by atoms with Crippen LogP contribution < -0.4 is 5.32 Å². The lowest BCUT2D eigenvalue weighted by Crippen LogP contribution is -2.40. The molecule has 0 spiro atoms. The lowest BCUT2D eigenvalue weighted by Gasteiger charge is -2.38. The first-order chi connectivity index (χ1) is 7.83. The maximum atomic E-state index is 3.63. The largest absolute Gasteiger partial charge is 0.316 e. The standard InChI is InChI=1S/C15H31N/c1-3-5-7-10-15(11-8-6-4-2)12-9-13-16-14-15/h16H,3-14H2,1-2H3. The van der Waals surface area contributed by atoms with Gasteiger partial charge in [0.1, 0.15) is 0 Å². The summed E-state index contributed by atoms with van der Waals surface area (Å²) in [7, 11) is 0. The van der Waals surface area contributed by atoms with Crippen LogP contribution in [0.15, 0.2) is 0 Å². The van der Waals surface area contributed by atoms with Crippen molar-refractivity contribution in [2.24, 2.45) is 5.41 Å². The Morgan fingerprint density at radius 2 is 1.56 bits per heavy atom. The number of nitrogens with one attached hydrogen (secondary N) is 1. The van der Waals surface area contributed by atoms with Crippen LogP contribution in [-0.4, -0.2) is 13.1 Å². The maximum absolute atomic E-state index is 3.63. The highest BCUT2D eigenvalue weighted by atomic mass is 14.9. The fraction of sp³-hybridized carbons (Fsp3) is 1.00. The third-order valence-corrected chi connectivity index (χ3v) is 4.18. The van der Waals surface area contributed by atoms with E-state index in [0.717, 1.165) is 0 Å². The smallest absolute Gasteiger partial charge is 0.000781 e. The van der Waals surface area contributed by atoms with E-state index in [1.807, 2.05) is 0 Å². The van der Waals surface area contributed by atoms with Crippen LogP contribution in [0, 0.1) is 5.41 Å². The quantitative estimate of drug-likeness (QED) is 0.599. The second-order valence-electron chi connectivity index (χ2n) is 5.69.